The molecule has 122 valence electrons. The molecule has 3 nitrogen and oxygen atoms in total. The van der Waals surface area contributed by atoms with Gasteiger partial charge in [0.25, 0.3) is 0 Å². The molecule has 0 radical (unpaired) electrons. The summed E-state index contributed by atoms with van der Waals surface area (Å²) in [5.41, 5.74) is 2.02. The molecule has 3 rings (SSSR count). The van der Waals surface area contributed by atoms with Crippen LogP contribution < -0.4 is 10.1 Å². The Hall–Kier alpha value is -1.91. The summed E-state index contributed by atoms with van der Waals surface area (Å²) in [5.74, 6) is 0.662. The van der Waals surface area contributed by atoms with Gasteiger partial charge in [-0.05, 0) is 41.8 Å². The van der Waals surface area contributed by atoms with Gasteiger partial charge in [0, 0.05) is 25.1 Å². The summed E-state index contributed by atoms with van der Waals surface area (Å²) in [7, 11) is 1.67. The molecule has 0 amide bonds. The molecule has 4 heteroatoms. The Balaban J connectivity index is 1.68. The zero-order chi connectivity index (χ0) is 16.1. The van der Waals surface area contributed by atoms with Crippen LogP contribution in [0, 0.1) is 5.82 Å². The fourth-order valence-electron chi connectivity index (χ4n) is 3.12. The van der Waals surface area contributed by atoms with Crippen molar-refractivity contribution in [1.29, 1.82) is 0 Å². The van der Waals surface area contributed by atoms with E-state index in [0.29, 0.717) is 6.61 Å². The Bertz CT molecular complexity index is 653. The Kier molecular flexibility index (Phi) is 4.94. The lowest BCUT2D eigenvalue weighted by molar-refractivity contribution is 0.176. The molecule has 0 saturated carbocycles. The first kappa shape index (κ1) is 16.0. The van der Waals surface area contributed by atoms with Crippen molar-refractivity contribution in [3.05, 3.63) is 65.5 Å². The van der Waals surface area contributed by atoms with Gasteiger partial charge < -0.3 is 14.8 Å². The molecule has 0 spiro atoms. The van der Waals surface area contributed by atoms with Gasteiger partial charge in [-0.25, -0.2) is 4.39 Å². The van der Waals surface area contributed by atoms with E-state index < -0.39 is 0 Å². The Morgan fingerprint density at radius 1 is 1.22 bits per heavy atom. The third-order valence-electron chi connectivity index (χ3n) is 4.47. The van der Waals surface area contributed by atoms with E-state index in [9.17, 15) is 4.39 Å². The molecule has 1 N–H and O–H groups in total. The van der Waals surface area contributed by atoms with E-state index in [1.54, 1.807) is 19.2 Å². The summed E-state index contributed by atoms with van der Waals surface area (Å²) >= 11 is 0. The highest BCUT2D eigenvalue weighted by molar-refractivity contribution is 5.30. The number of ether oxygens (including phenoxy) is 2. The standard InChI is InChI=1S/C19H22FNO2/c1-22-18-7-2-4-15(10-18)12-21-13-19(8-9-23-14-19)16-5-3-6-17(20)11-16/h2-7,10-11,21H,8-9,12-14H2,1H3/t19-/m1/s1. The highest BCUT2D eigenvalue weighted by atomic mass is 19.1. The van der Waals surface area contributed by atoms with E-state index in [0.717, 1.165) is 43.0 Å². The lowest BCUT2D eigenvalue weighted by Gasteiger charge is -2.28. The summed E-state index contributed by atoms with van der Waals surface area (Å²) in [6, 6.07) is 14.9. The minimum absolute atomic E-state index is 0.152. The van der Waals surface area contributed by atoms with Crippen molar-refractivity contribution < 1.29 is 13.9 Å². The van der Waals surface area contributed by atoms with Crippen LogP contribution in [0.2, 0.25) is 0 Å². The molecule has 2 aromatic carbocycles. The van der Waals surface area contributed by atoms with Crippen LogP contribution in [0.4, 0.5) is 4.39 Å². The number of methoxy groups -OCH3 is 1. The first-order valence-corrected chi connectivity index (χ1v) is 7.89. The predicted molar refractivity (Wildman–Crippen MR) is 88.2 cm³/mol. The summed E-state index contributed by atoms with van der Waals surface area (Å²) in [6.07, 6.45) is 0.904. The number of hydrogen-bond acceptors (Lipinski definition) is 3. The number of rotatable bonds is 6. The van der Waals surface area contributed by atoms with Crippen LogP contribution in [0.25, 0.3) is 0 Å². The van der Waals surface area contributed by atoms with Crippen LogP contribution in [-0.2, 0) is 16.7 Å². The lowest BCUT2D eigenvalue weighted by Crippen LogP contribution is -2.38. The van der Waals surface area contributed by atoms with Gasteiger partial charge in [-0.2, -0.15) is 0 Å². The summed E-state index contributed by atoms with van der Waals surface area (Å²) < 4.78 is 24.4. The molecular weight excluding hydrogens is 293 g/mol. The molecule has 23 heavy (non-hydrogen) atoms. The van der Waals surface area contributed by atoms with E-state index in [-0.39, 0.29) is 11.2 Å². The Morgan fingerprint density at radius 2 is 2.09 bits per heavy atom. The summed E-state index contributed by atoms with van der Waals surface area (Å²) in [5, 5.41) is 3.50. The van der Waals surface area contributed by atoms with E-state index >= 15 is 0 Å². The van der Waals surface area contributed by atoms with E-state index in [1.165, 1.54) is 6.07 Å². The monoisotopic (exact) mass is 315 g/mol. The van der Waals surface area contributed by atoms with Crippen molar-refractivity contribution in [2.24, 2.45) is 0 Å². The SMILES string of the molecule is COc1cccc(CNC[C@]2(c3cccc(F)c3)CCOC2)c1. The van der Waals surface area contributed by atoms with Crippen molar-refractivity contribution in [3.63, 3.8) is 0 Å². The van der Waals surface area contributed by atoms with Gasteiger partial charge in [0.15, 0.2) is 0 Å². The molecular formula is C19H22FNO2. The van der Waals surface area contributed by atoms with Crippen LogP contribution in [0.5, 0.6) is 5.75 Å². The van der Waals surface area contributed by atoms with Crippen molar-refractivity contribution in [2.45, 2.75) is 18.4 Å². The summed E-state index contributed by atoms with van der Waals surface area (Å²) in [4.78, 5) is 0. The van der Waals surface area contributed by atoms with Crippen LogP contribution in [-0.4, -0.2) is 26.9 Å². The molecule has 1 aliphatic heterocycles. The summed E-state index contributed by atoms with van der Waals surface area (Å²) in [6.45, 7) is 2.85. The molecule has 1 heterocycles. The number of halogens is 1. The van der Waals surface area contributed by atoms with Gasteiger partial charge in [0.1, 0.15) is 11.6 Å². The zero-order valence-electron chi connectivity index (χ0n) is 13.3. The van der Waals surface area contributed by atoms with Crippen molar-refractivity contribution in [3.8, 4) is 5.75 Å². The van der Waals surface area contributed by atoms with Gasteiger partial charge in [0.2, 0.25) is 0 Å². The van der Waals surface area contributed by atoms with Gasteiger partial charge in [-0.3, -0.25) is 0 Å². The molecule has 1 fully saturated rings. The maximum Gasteiger partial charge on any atom is 0.123 e. The normalized spacial score (nSPS) is 20.6. The maximum atomic E-state index is 13.6. The van der Waals surface area contributed by atoms with Crippen LogP contribution in [0.15, 0.2) is 48.5 Å². The molecule has 0 bridgehead atoms. The zero-order valence-corrected chi connectivity index (χ0v) is 13.3. The first-order chi connectivity index (χ1) is 11.2. The quantitative estimate of drug-likeness (QED) is 0.887. The van der Waals surface area contributed by atoms with Crippen molar-refractivity contribution >= 4 is 0 Å². The number of hydrogen-bond donors (Lipinski definition) is 1. The Morgan fingerprint density at radius 3 is 2.83 bits per heavy atom. The minimum atomic E-state index is -0.193. The molecule has 2 aromatic rings. The molecule has 0 aromatic heterocycles. The molecule has 0 unspecified atom stereocenters. The van der Waals surface area contributed by atoms with Crippen molar-refractivity contribution in [1.82, 2.24) is 5.32 Å². The maximum absolute atomic E-state index is 13.6. The molecule has 1 atom stereocenters. The second-order valence-electron chi connectivity index (χ2n) is 6.05. The fraction of sp³-hybridized carbons (Fsp3) is 0.368. The van der Waals surface area contributed by atoms with Gasteiger partial charge in [-0.1, -0.05) is 24.3 Å². The first-order valence-electron chi connectivity index (χ1n) is 7.89. The highest BCUT2D eigenvalue weighted by Crippen LogP contribution is 2.33. The number of benzene rings is 2. The van der Waals surface area contributed by atoms with Crippen LogP contribution in [0.3, 0.4) is 0 Å². The second kappa shape index (κ2) is 7.11. The highest BCUT2D eigenvalue weighted by Gasteiger charge is 2.36. The third-order valence-corrected chi connectivity index (χ3v) is 4.47. The minimum Gasteiger partial charge on any atom is -0.497 e. The smallest absolute Gasteiger partial charge is 0.123 e. The predicted octanol–water partition coefficient (Wildman–Crippen LogP) is 3.28. The van der Waals surface area contributed by atoms with Crippen molar-refractivity contribution in [2.75, 3.05) is 26.9 Å². The fourth-order valence-corrected chi connectivity index (χ4v) is 3.12. The topological polar surface area (TPSA) is 30.5 Å². The van der Waals surface area contributed by atoms with Gasteiger partial charge in [0.05, 0.1) is 13.7 Å². The van der Waals surface area contributed by atoms with Gasteiger partial charge in [-0.15, -0.1) is 0 Å². The van der Waals surface area contributed by atoms with E-state index in [1.807, 2.05) is 24.3 Å². The van der Waals surface area contributed by atoms with Crippen LogP contribution >= 0.6 is 0 Å². The van der Waals surface area contributed by atoms with Gasteiger partial charge >= 0.3 is 0 Å². The third kappa shape index (κ3) is 3.71. The molecule has 1 saturated heterocycles. The average molecular weight is 315 g/mol. The molecule has 1 aliphatic rings. The van der Waals surface area contributed by atoms with E-state index in [2.05, 4.69) is 11.4 Å². The second-order valence-corrected chi connectivity index (χ2v) is 6.05. The lowest BCUT2D eigenvalue weighted by atomic mass is 9.79. The number of nitrogens with one attached hydrogen (secondary N) is 1. The Labute approximate surface area is 136 Å². The van der Waals surface area contributed by atoms with E-state index in [4.69, 9.17) is 9.47 Å². The molecule has 0 aliphatic carbocycles. The van der Waals surface area contributed by atoms with Crippen LogP contribution in [0.1, 0.15) is 17.5 Å². The largest absolute Gasteiger partial charge is 0.497 e. The average Bonchev–Trinajstić information content (AvgIpc) is 3.05.